The molecule has 2 saturated heterocycles. The summed E-state index contributed by atoms with van der Waals surface area (Å²) in [5.41, 5.74) is 2.99. The number of anilines is 1. The first-order chi connectivity index (χ1) is 16.5. The molecule has 0 bridgehead atoms. The van der Waals surface area contributed by atoms with Gasteiger partial charge in [0.05, 0.1) is 13.5 Å². The van der Waals surface area contributed by atoms with Crippen molar-refractivity contribution in [3.8, 4) is 11.5 Å². The number of carbonyl (C=O) groups excluding carboxylic acids is 2. The minimum Gasteiger partial charge on any atom is -0.496 e. The van der Waals surface area contributed by atoms with E-state index in [4.69, 9.17) is 9.47 Å². The van der Waals surface area contributed by atoms with Gasteiger partial charge in [-0.15, -0.1) is 0 Å². The summed E-state index contributed by atoms with van der Waals surface area (Å²) in [4.78, 5) is 27.7. The molecule has 2 fully saturated rings. The van der Waals surface area contributed by atoms with Gasteiger partial charge >= 0.3 is 0 Å². The monoisotopic (exact) mass is 466 g/mol. The van der Waals surface area contributed by atoms with E-state index < -0.39 is 6.04 Å². The molecule has 2 aromatic carbocycles. The molecule has 0 radical (unpaired) electrons. The molecular weight excluding hydrogens is 432 g/mol. The highest BCUT2D eigenvalue weighted by Gasteiger charge is 2.27. The fourth-order valence-electron chi connectivity index (χ4n) is 4.55. The molecule has 8 heteroatoms. The molecule has 1 atom stereocenters. The van der Waals surface area contributed by atoms with Crippen molar-refractivity contribution in [3.63, 3.8) is 0 Å². The third-order valence-corrected chi connectivity index (χ3v) is 6.41. The number of methoxy groups -OCH3 is 1. The van der Waals surface area contributed by atoms with Crippen molar-refractivity contribution in [2.45, 2.75) is 38.3 Å². The largest absolute Gasteiger partial charge is 0.496 e. The first-order valence-corrected chi connectivity index (χ1v) is 12.0. The number of nitrogens with zero attached hydrogens (tertiary/aromatic N) is 1. The highest BCUT2D eigenvalue weighted by molar-refractivity contribution is 5.99. The lowest BCUT2D eigenvalue weighted by Gasteiger charge is -2.35. The van der Waals surface area contributed by atoms with Crippen LogP contribution in [0, 0.1) is 6.92 Å². The lowest BCUT2D eigenvalue weighted by molar-refractivity contribution is -0.131. The fraction of sp³-hybridized carbons (Fsp3) is 0.462. The van der Waals surface area contributed by atoms with E-state index >= 15 is 0 Å². The van der Waals surface area contributed by atoms with Crippen LogP contribution in [-0.4, -0.2) is 63.8 Å². The molecule has 2 aliphatic rings. The van der Waals surface area contributed by atoms with E-state index in [2.05, 4.69) is 39.9 Å². The summed E-state index contributed by atoms with van der Waals surface area (Å²) in [5.74, 6) is 0.639. The summed E-state index contributed by atoms with van der Waals surface area (Å²) in [7, 11) is 1.57. The minimum atomic E-state index is -0.458. The van der Waals surface area contributed by atoms with E-state index in [9.17, 15) is 9.59 Å². The van der Waals surface area contributed by atoms with Gasteiger partial charge in [-0.3, -0.25) is 14.9 Å². The summed E-state index contributed by atoms with van der Waals surface area (Å²) < 4.78 is 11.6. The zero-order chi connectivity index (χ0) is 23.9. The molecular formula is C26H34N4O4. The Hall–Kier alpha value is -3.10. The molecule has 0 spiro atoms. The number of piperazine rings is 1. The van der Waals surface area contributed by atoms with Crippen LogP contribution in [0.2, 0.25) is 0 Å². The predicted molar refractivity (Wildman–Crippen MR) is 132 cm³/mol. The number of nitrogens with one attached hydrogen (secondary N) is 3. The molecule has 2 aliphatic heterocycles. The van der Waals surface area contributed by atoms with Gasteiger partial charge in [0.1, 0.15) is 23.6 Å². The van der Waals surface area contributed by atoms with Gasteiger partial charge in [-0.2, -0.15) is 0 Å². The number of hydrogen-bond acceptors (Lipinski definition) is 7. The Morgan fingerprint density at radius 3 is 2.68 bits per heavy atom. The normalized spacial score (nSPS) is 18.9. The van der Waals surface area contributed by atoms with Crippen LogP contribution in [0.1, 0.15) is 24.0 Å². The minimum absolute atomic E-state index is 0.0524. The zero-order valence-electron chi connectivity index (χ0n) is 19.9. The van der Waals surface area contributed by atoms with Crippen molar-refractivity contribution in [1.82, 2.24) is 16.0 Å². The molecule has 2 heterocycles. The molecule has 0 aromatic heterocycles. The SMILES string of the molecule is COc1cc(OC2CCNCC2)ccc1CC(=O)NC(=O)C1CN(c2ccccc2C)CCN1. The number of hydrogen-bond donors (Lipinski definition) is 3. The van der Waals surface area contributed by atoms with Crippen LogP contribution in [0.25, 0.3) is 0 Å². The number of carbonyl (C=O) groups is 2. The van der Waals surface area contributed by atoms with Crippen LogP contribution in [0.5, 0.6) is 11.5 Å². The molecule has 8 nitrogen and oxygen atoms in total. The third kappa shape index (κ3) is 6.07. The summed E-state index contributed by atoms with van der Waals surface area (Å²) in [6, 6.07) is 13.2. The maximum Gasteiger partial charge on any atom is 0.245 e. The summed E-state index contributed by atoms with van der Waals surface area (Å²) >= 11 is 0. The summed E-state index contributed by atoms with van der Waals surface area (Å²) in [5, 5.41) is 9.10. The maximum absolute atomic E-state index is 12.8. The first kappa shape index (κ1) is 24.0. The van der Waals surface area contributed by atoms with Gasteiger partial charge in [0.25, 0.3) is 0 Å². The number of para-hydroxylation sites is 1. The number of rotatable bonds is 7. The standard InChI is InChI=1S/C26H34N4O4/c1-18-5-3-4-6-23(18)30-14-13-28-22(17-30)26(32)29-25(31)15-19-7-8-21(16-24(19)33-2)34-20-9-11-27-12-10-20/h3-8,16,20,22,27-28H,9-15,17H2,1-2H3,(H,29,31,32). The van der Waals surface area contributed by atoms with Crippen LogP contribution < -0.4 is 30.3 Å². The maximum atomic E-state index is 12.8. The van der Waals surface area contributed by atoms with E-state index in [1.165, 1.54) is 5.56 Å². The molecule has 0 saturated carbocycles. The fourth-order valence-corrected chi connectivity index (χ4v) is 4.55. The molecule has 1 unspecified atom stereocenters. The van der Waals surface area contributed by atoms with Crippen LogP contribution >= 0.6 is 0 Å². The van der Waals surface area contributed by atoms with E-state index in [1.54, 1.807) is 7.11 Å². The topological polar surface area (TPSA) is 91.9 Å². The highest BCUT2D eigenvalue weighted by atomic mass is 16.5. The Bertz CT molecular complexity index is 1010. The van der Waals surface area contributed by atoms with Gasteiger partial charge in [0.2, 0.25) is 11.8 Å². The van der Waals surface area contributed by atoms with Crippen molar-refractivity contribution in [2.75, 3.05) is 44.7 Å². The average molecular weight is 467 g/mol. The molecule has 34 heavy (non-hydrogen) atoms. The van der Waals surface area contributed by atoms with E-state index in [0.29, 0.717) is 24.4 Å². The molecule has 0 aliphatic carbocycles. The molecule has 3 N–H and O–H groups in total. The van der Waals surface area contributed by atoms with Crippen LogP contribution in [0.3, 0.4) is 0 Å². The lowest BCUT2D eigenvalue weighted by Crippen LogP contribution is -2.58. The van der Waals surface area contributed by atoms with Gasteiger partial charge < -0.3 is 25.0 Å². The van der Waals surface area contributed by atoms with Gasteiger partial charge in [0, 0.05) is 37.0 Å². The van der Waals surface area contributed by atoms with E-state index in [1.807, 2.05) is 30.3 Å². The molecule has 2 amide bonds. The van der Waals surface area contributed by atoms with Crippen molar-refractivity contribution in [2.24, 2.45) is 0 Å². The van der Waals surface area contributed by atoms with Crippen molar-refractivity contribution in [1.29, 1.82) is 0 Å². The number of ether oxygens (including phenoxy) is 2. The molecule has 182 valence electrons. The Kier molecular flexibility index (Phi) is 8.03. The zero-order valence-corrected chi connectivity index (χ0v) is 19.9. The highest BCUT2D eigenvalue weighted by Crippen LogP contribution is 2.27. The van der Waals surface area contributed by atoms with Gasteiger partial charge in [0.15, 0.2) is 0 Å². The van der Waals surface area contributed by atoms with E-state index in [-0.39, 0.29) is 24.3 Å². The van der Waals surface area contributed by atoms with Gasteiger partial charge in [-0.05, 0) is 50.6 Å². The van der Waals surface area contributed by atoms with E-state index in [0.717, 1.165) is 43.9 Å². The predicted octanol–water partition coefficient (Wildman–Crippen LogP) is 1.80. The molecule has 2 aromatic rings. The number of piperidine rings is 1. The van der Waals surface area contributed by atoms with Crippen LogP contribution in [0.4, 0.5) is 5.69 Å². The van der Waals surface area contributed by atoms with Crippen molar-refractivity contribution >= 4 is 17.5 Å². The summed E-state index contributed by atoms with van der Waals surface area (Å²) in [6.07, 6.45) is 2.16. The first-order valence-electron chi connectivity index (χ1n) is 12.0. The Morgan fingerprint density at radius 2 is 1.91 bits per heavy atom. The third-order valence-electron chi connectivity index (χ3n) is 6.41. The number of aryl methyl sites for hydroxylation is 1. The number of benzene rings is 2. The Balaban J connectivity index is 1.33. The number of imide groups is 1. The second kappa shape index (κ2) is 11.4. The molecule has 4 rings (SSSR count). The smallest absolute Gasteiger partial charge is 0.245 e. The second-order valence-corrected chi connectivity index (χ2v) is 8.87. The van der Waals surface area contributed by atoms with Crippen LogP contribution in [0.15, 0.2) is 42.5 Å². The lowest BCUT2D eigenvalue weighted by atomic mass is 10.1. The Labute approximate surface area is 201 Å². The quantitative estimate of drug-likeness (QED) is 0.573. The van der Waals surface area contributed by atoms with Crippen molar-refractivity contribution in [3.05, 3.63) is 53.6 Å². The Morgan fingerprint density at radius 1 is 1.12 bits per heavy atom. The number of amides is 2. The average Bonchev–Trinajstić information content (AvgIpc) is 2.86. The van der Waals surface area contributed by atoms with Crippen LogP contribution in [-0.2, 0) is 16.0 Å². The van der Waals surface area contributed by atoms with Gasteiger partial charge in [-0.25, -0.2) is 0 Å². The summed E-state index contributed by atoms with van der Waals surface area (Å²) in [6.45, 7) is 5.96. The van der Waals surface area contributed by atoms with Gasteiger partial charge in [-0.1, -0.05) is 24.3 Å². The second-order valence-electron chi connectivity index (χ2n) is 8.87. The van der Waals surface area contributed by atoms with Crippen molar-refractivity contribution < 1.29 is 19.1 Å².